The maximum Gasteiger partial charge on any atom is 0.243 e. The lowest BCUT2D eigenvalue weighted by molar-refractivity contribution is -0.114. The number of ether oxygens (including phenoxy) is 3. The van der Waals surface area contributed by atoms with E-state index in [2.05, 4.69) is 17.2 Å². The van der Waals surface area contributed by atoms with Crippen LogP contribution in [0, 0.1) is 0 Å². The zero-order valence-corrected chi connectivity index (χ0v) is 14.9. The van der Waals surface area contributed by atoms with E-state index in [9.17, 15) is 4.79 Å². The molecule has 26 heavy (non-hydrogen) atoms. The molecule has 0 aliphatic carbocycles. The number of carbonyl (C=O) groups excluding carboxylic acids is 1. The minimum Gasteiger partial charge on any atom is -0.491 e. The van der Waals surface area contributed by atoms with E-state index in [1.807, 2.05) is 24.3 Å². The van der Waals surface area contributed by atoms with E-state index in [1.165, 1.54) is 0 Å². The van der Waals surface area contributed by atoms with Crippen molar-refractivity contribution in [2.24, 2.45) is 0 Å². The fourth-order valence-electron chi connectivity index (χ4n) is 2.15. The summed E-state index contributed by atoms with van der Waals surface area (Å²) in [7, 11) is 1.63. The summed E-state index contributed by atoms with van der Waals surface area (Å²) < 4.78 is 16.0. The number of hydrogen-bond donors (Lipinski definition) is 2. The zero-order chi connectivity index (χ0) is 18.6. The summed E-state index contributed by atoms with van der Waals surface area (Å²) in [5.41, 5.74) is 1.46. The second-order valence-corrected chi connectivity index (χ2v) is 5.36. The van der Waals surface area contributed by atoms with Gasteiger partial charge in [-0.25, -0.2) is 0 Å². The van der Waals surface area contributed by atoms with Gasteiger partial charge in [0.25, 0.3) is 0 Å². The summed E-state index contributed by atoms with van der Waals surface area (Å²) >= 11 is 0. The largest absolute Gasteiger partial charge is 0.491 e. The highest BCUT2D eigenvalue weighted by Gasteiger charge is 2.06. The molecule has 0 unspecified atom stereocenters. The highest BCUT2D eigenvalue weighted by Crippen LogP contribution is 2.23. The number of rotatable bonds is 11. The quantitative estimate of drug-likeness (QED) is 0.477. The summed E-state index contributed by atoms with van der Waals surface area (Å²) in [6, 6.07) is 14.6. The van der Waals surface area contributed by atoms with Gasteiger partial charge in [-0.3, -0.25) is 4.79 Å². The van der Waals surface area contributed by atoms with Crippen molar-refractivity contribution in [3.63, 3.8) is 0 Å². The first kappa shape index (κ1) is 19.3. The second-order valence-electron chi connectivity index (χ2n) is 5.36. The first-order valence-electron chi connectivity index (χ1n) is 8.31. The first-order chi connectivity index (χ1) is 12.7. The molecule has 0 saturated heterocycles. The Balaban J connectivity index is 1.82. The van der Waals surface area contributed by atoms with Crippen LogP contribution in [0.15, 0.2) is 61.2 Å². The van der Waals surface area contributed by atoms with Crippen molar-refractivity contribution in [3.05, 3.63) is 61.2 Å². The van der Waals surface area contributed by atoms with Gasteiger partial charge in [0, 0.05) is 12.8 Å². The molecule has 0 spiro atoms. The van der Waals surface area contributed by atoms with E-state index < -0.39 is 0 Å². The Kier molecular flexibility index (Phi) is 8.02. The number of amides is 1. The highest BCUT2D eigenvalue weighted by atomic mass is 16.5. The average Bonchev–Trinajstić information content (AvgIpc) is 2.67. The molecule has 0 bridgehead atoms. The number of anilines is 2. The Labute approximate surface area is 153 Å². The fourth-order valence-corrected chi connectivity index (χ4v) is 2.15. The van der Waals surface area contributed by atoms with E-state index in [1.54, 1.807) is 37.5 Å². The van der Waals surface area contributed by atoms with Crippen LogP contribution in [0.2, 0.25) is 0 Å². The molecular weight excluding hydrogens is 332 g/mol. The number of benzene rings is 2. The van der Waals surface area contributed by atoms with Crippen molar-refractivity contribution in [2.45, 2.75) is 0 Å². The lowest BCUT2D eigenvalue weighted by Gasteiger charge is -2.12. The Bertz CT molecular complexity index is 701. The predicted octanol–water partition coefficient (Wildman–Crippen LogP) is 3.33. The van der Waals surface area contributed by atoms with Gasteiger partial charge in [0.15, 0.2) is 0 Å². The van der Waals surface area contributed by atoms with E-state index in [4.69, 9.17) is 14.2 Å². The SMILES string of the molecule is C=CCOc1ccccc1NCC(=O)Nc1ccc(OCCOC)cc1. The van der Waals surface area contributed by atoms with Gasteiger partial charge in [-0.1, -0.05) is 24.8 Å². The van der Waals surface area contributed by atoms with Crippen LogP contribution < -0.4 is 20.1 Å². The first-order valence-corrected chi connectivity index (χ1v) is 8.31. The third-order valence-electron chi connectivity index (χ3n) is 3.38. The van der Waals surface area contributed by atoms with Crippen molar-refractivity contribution in [1.82, 2.24) is 0 Å². The molecule has 0 aliphatic heterocycles. The van der Waals surface area contributed by atoms with Crippen molar-refractivity contribution in [2.75, 3.05) is 44.1 Å². The van der Waals surface area contributed by atoms with E-state index in [0.29, 0.717) is 31.3 Å². The maximum absolute atomic E-state index is 12.1. The summed E-state index contributed by atoms with van der Waals surface area (Å²) in [6.45, 7) is 5.18. The van der Waals surface area contributed by atoms with Crippen LogP contribution in [0.3, 0.4) is 0 Å². The standard InChI is InChI=1S/C20H24N2O4/c1-3-12-26-19-7-5-4-6-18(19)21-15-20(23)22-16-8-10-17(11-9-16)25-14-13-24-2/h3-11,21H,1,12-15H2,2H3,(H,22,23). The normalized spacial score (nSPS) is 10.0. The van der Waals surface area contributed by atoms with Crippen LogP contribution in [-0.2, 0) is 9.53 Å². The van der Waals surface area contributed by atoms with Crippen molar-refractivity contribution in [1.29, 1.82) is 0 Å². The van der Waals surface area contributed by atoms with Gasteiger partial charge in [0.2, 0.25) is 5.91 Å². The van der Waals surface area contributed by atoms with Crippen LogP contribution >= 0.6 is 0 Å². The van der Waals surface area contributed by atoms with Crippen LogP contribution in [-0.4, -0.2) is 39.4 Å². The molecule has 2 aromatic carbocycles. The second kappa shape index (κ2) is 10.8. The predicted molar refractivity (Wildman–Crippen MR) is 103 cm³/mol. The number of nitrogens with one attached hydrogen (secondary N) is 2. The molecule has 2 rings (SSSR count). The summed E-state index contributed by atoms with van der Waals surface area (Å²) in [5.74, 6) is 1.25. The molecule has 2 aromatic rings. The van der Waals surface area contributed by atoms with E-state index >= 15 is 0 Å². The van der Waals surface area contributed by atoms with Gasteiger partial charge >= 0.3 is 0 Å². The van der Waals surface area contributed by atoms with Gasteiger partial charge in [-0.05, 0) is 36.4 Å². The van der Waals surface area contributed by atoms with Gasteiger partial charge in [-0.2, -0.15) is 0 Å². The molecular formula is C20H24N2O4. The Morgan fingerprint density at radius 1 is 1.08 bits per heavy atom. The molecule has 6 heteroatoms. The molecule has 6 nitrogen and oxygen atoms in total. The third-order valence-corrected chi connectivity index (χ3v) is 3.38. The average molecular weight is 356 g/mol. The molecule has 138 valence electrons. The number of carbonyl (C=O) groups is 1. The van der Waals surface area contributed by atoms with Crippen LogP contribution in [0.25, 0.3) is 0 Å². The molecule has 0 aromatic heterocycles. The Morgan fingerprint density at radius 3 is 2.58 bits per heavy atom. The highest BCUT2D eigenvalue weighted by molar-refractivity contribution is 5.94. The molecule has 0 saturated carbocycles. The molecule has 0 aliphatic rings. The van der Waals surface area contributed by atoms with Gasteiger partial charge < -0.3 is 24.8 Å². The smallest absolute Gasteiger partial charge is 0.243 e. The summed E-state index contributed by atoms with van der Waals surface area (Å²) in [6.07, 6.45) is 1.67. The van der Waals surface area contributed by atoms with Gasteiger partial charge in [-0.15, -0.1) is 0 Å². The fraction of sp³-hybridized carbons (Fsp3) is 0.250. The maximum atomic E-state index is 12.1. The van der Waals surface area contributed by atoms with Crippen LogP contribution in [0.5, 0.6) is 11.5 Å². The summed E-state index contributed by atoms with van der Waals surface area (Å²) in [5, 5.41) is 5.91. The van der Waals surface area contributed by atoms with Crippen LogP contribution in [0.1, 0.15) is 0 Å². The monoisotopic (exact) mass is 356 g/mol. The topological polar surface area (TPSA) is 68.8 Å². The summed E-state index contributed by atoms with van der Waals surface area (Å²) in [4.78, 5) is 12.1. The minimum absolute atomic E-state index is 0.126. The molecule has 2 N–H and O–H groups in total. The zero-order valence-electron chi connectivity index (χ0n) is 14.9. The van der Waals surface area contributed by atoms with Crippen molar-refractivity contribution in [3.8, 4) is 11.5 Å². The molecule has 0 heterocycles. The Morgan fingerprint density at radius 2 is 1.85 bits per heavy atom. The number of hydrogen-bond acceptors (Lipinski definition) is 5. The van der Waals surface area contributed by atoms with Gasteiger partial charge in [0.1, 0.15) is 24.7 Å². The molecule has 1 amide bonds. The lowest BCUT2D eigenvalue weighted by atomic mass is 10.3. The number of methoxy groups -OCH3 is 1. The van der Waals surface area contributed by atoms with E-state index in [-0.39, 0.29) is 12.5 Å². The lowest BCUT2D eigenvalue weighted by Crippen LogP contribution is -2.22. The van der Waals surface area contributed by atoms with Crippen LogP contribution in [0.4, 0.5) is 11.4 Å². The van der Waals surface area contributed by atoms with Crippen molar-refractivity contribution >= 4 is 17.3 Å². The Hall–Kier alpha value is -2.99. The van der Waals surface area contributed by atoms with E-state index in [0.717, 1.165) is 11.4 Å². The minimum atomic E-state index is -0.156. The molecule has 0 fully saturated rings. The molecule has 0 atom stereocenters. The third kappa shape index (κ3) is 6.49. The van der Waals surface area contributed by atoms with Crippen molar-refractivity contribution < 1.29 is 19.0 Å². The van der Waals surface area contributed by atoms with Gasteiger partial charge in [0.05, 0.1) is 18.8 Å². The number of para-hydroxylation sites is 2. The molecule has 0 radical (unpaired) electrons.